The van der Waals surface area contributed by atoms with Crippen LogP contribution in [-0.4, -0.2) is 27.4 Å². The van der Waals surface area contributed by atoms with Gasteiger partial charge in [-0.25, -0.2) is 9.37 Å². The highest BCUT2D eigenvalue weighted by atomic mass is 19.1. The zero-order valence-corrected chi connectivity index (χ0v) is 11.7. The smallest absolute Gasteiger partial charge is 0.293 e. The molecular formula is C15H12FN3O3. The second-order valence-electron chi connectivity index (χ2n) is 4.47. The van der Waals surface area contributed by atoms with Crippen molar-refractivity contribution in [3.63, 3.8) is 0 Å². The minimum atomic E-state index is -0.945. The number of halogens is 1. The SMILES string of the molecule is Cc1nccnc1NC(=O)C(=O)CC(=O)c1ccc(F)cc1. The van der Waals surface area contributed by atoms with E-state index in [-0.39, 0.29) is 11.4 Å². The molecule has 0 bridgehead atoms. The lowest BCUT2D eigenvalue weighted by Crippen LogP contribution is -2.26. The molecule has 0 fully saturated rings. The third kappa shape index (κ3) is 3.78. The quantitative estimate of drug-likeness (QED) is 0.516. The third-order valence-corrected chi connectivity index (χ3v) is 2.85. The van der Waals surface area contributed by atoms with E-state index in [1.807, 2.05) is 0 Å². The molecule has 22 heavy (non-hydrogen) atoms. The largest absolute Gasteiger partial charge is 0.302 e. The summed E-state index contributed by atoms with van der Waals surface area (Å²) in [6, 6.07) is 4.74. The predicted molar refractivity (Wildman–Crippen MR) is 75.8 cm³/mol. The average Bonchev–Trinajstić information content (AvgIpc) is 2.50. The number of Topliss-reactive ketones (excluding diaryl/α,β-unsaturated/α-hetero) is 2. The van der Waals surface area contributed by atoms with Gasteiger partial charge in [0, 0.05) is 18.0 Å². The number of hydrogen-bond donors (Lipinski definition) is 1. The summed E-state index contributed by atoms with van der Waals surface area (Å²) < 4.78 is 12.8. The Kier molecular flexibility index (Phi) is 4.67. The van der Waals surface area contributed by atoms with Gasteiger partial charge in [0.15, 0.2) is 11.6 Å². The van der Waals surface area contributed by atoms with E-state index in [1.165, 1.54) is 24.5 Å². The van der Waals surface area contributed by atoms with E-state index in [0.29, 0.717) is 5.69 Å². The maximum atomic E-state index is 12.8. The first-order chi connectivity index (χ1) is 10.5. The number of nitrogens with one attached hydrogen (secondary N) is 1. The van der Waals surface area contributed by atoms with Crippen LogP contribution in [0, 0.1) is 12.7 Å². The van der Waals surface area contributed by atoms with Gasteiger partial charge in [0.25, 0.3) is 5.91 Å². The van der Waals surface area contributed by atoms with E-state index in [1.54, 1.807) is 6.92 Å². The van der Waals surface area contributed by atoms with Crippen LogP contribution in [0.2, 0.25) is 0 Å². The number of rotatable bonds is 5. The molecule has 7 heteroatoms. The predicted octanol–water partition coefficient (Wildman–Crippen LogP) is 1.70. The molecule has 0 aliphatic rings. The first kappa shape index (κ1) is 15.4. The monoisotopic (exact) mass is 301 g/mol. The summed E-state index contributed by atoms with van der Waals surface area (Å²) in [4.78, 5) is 43.1. The van der Waals surface area contributed by atoms with Gasteiger partial charge in [-0.1, -0.05) is 0 Å². The topological polar surface area (TPSA) is 89.0 Å². The highest BCUT2D eigenvalue weighted by molar-refractivity contribution is 6.43. The van der Waals surface area contributed by atoms with Crippen molar-refractivity contribution in [3.05, 3.63) is 53.7 Å². The highest BCUT2D eigenvalue weighted by Gasteiger charge is 2.20. The van der Waals surface area contributed by atoms with Crippen LogP contribution in [0.3, 0.4) is 0 Å². The van der Waals surface area contributed by atoms with Crippen molar-refractivity contribution in [2.45, 2.75) is 13.3 Å². The standard InChI is InChI=1S/C15H12FN3O3/c1-9-14(18-7-6-17-9)19-15(22)13(21)8-12(20)10-2-4-11(16)5-3-10/h2-7H,8H2,1H3,(H,18,19,22). The van der Waals surface area contributed by atoms with Crippen LogP contribution >= 0.6 is 0 Å². The number of carbonyl (C=O) groups excluding carboxylic acids is 3. The Bertz CT molecular complexity index is 729. The molecule has 1 aromatic heterocycles. The van der Waals surface area contributed by atoms with Gasteiger partial charge in [-0.2, -0.15) is 0 Å². The summed E-state index contributed by atoms with van der Waals surface area (Å²) in [5.41, 5.74) is 0.617. The Hall–Kier alpha value is -2.96. The van der Waals surface area contributed by atoms with Gasteiger partial charge in [-0.15, -0.1) is 0 Å². The number of carbonyl (C=O) groups is 3. The van der Waals surface area contributed by atoms with Crippen LogP contribution in [0.4, 0.5) is 10.2 Å². The molecule has 0 aliphatic heterocycles. The second kappa shape index (κ2) is 6.66. The van der Waals surface area contributed by atoms with E-state index in [0.717, 1.165) is 12.1 Å². The maximum absolute atomic E-state index is 12.8. The number of ketones is 2. The number of anilines is 1. The van der Waals surface area contributed by atoms with Crippen molar-refractivity contribution in [1.29, 1.82) is 0 Å². The highest BCUT2D eigenvalue weighted by Crippen LogP contribution is 2.09. The molecule has 1 aromatic carbocycles. The van der Waals surface area contributed by atoms with Gasteiger partial charge in [-0.3, -0.25) is 19.4 Å². The minimum absolute atomic E-state index is 0.162. The van der Waals surface area contributed by atoms with Crippen LogP contribution in [0.5, 0.6) is 0 Å². The zero-order valence-electron chi connectivity index (χ0n) is 11.7. The maximum Gasteiger partial charge on any atom is 0.293 e. The Morgan fingerprint density at radius 3 is 2.36 bits per heavy atom. The van der Waals surface area contributed by atoms with Crippen LogP contribution in [0.15, 0.2) is 36.7 Å². The molecule has 2 rings (SSSR count). The first-order valence-corrected chi connectivity index (χ1v) is 6.38. The van der Waals surface area contributed by atoms with Crippen molar-refractivity contribution in [1.82, 2.24) is 9.97 Å². The number of aryl methyl sites for hydroxylation is 1. The van der Waals surface area contributed by atoms with Gasteiger partial charge >= 0.3 is 0 Å². The number of amides is 1. The molecule has 0 unspecified atom stereocenters. The molecule has 1 heterocycles. The summed E-state index contributed by atoms with van der Waals surface area (Å²) in [5.74, 6) is -2.73. The molecule has 1 amide bonds. The lowest BCUT2D eigenvalue weighted by molar-refractivity contribution is -0.134. The molecule has 0 spiro atoms. The normalized spacial score (nSPS) is 10.1. The molecule has 6 nitrogen and oxygen atoms in total. The zero-order chi connectivity index (χ0) is 16.1. The fraction of sp³-hybridized carbons (Fsp3) is 0.133. The van der Waals surface area contributed by atoms with Crippen LogP contribution in [-0.2, 0) is 9.59 Å². The Balaban J connectivity index is 1.99. The van der Waals surface area contributed by atoms with Crippen LogP contribution < -0.4 is 5.32 Å². The summed E-state index contributed by atoms with van der Waals surface area (Å²) in [5, 5.41) is 2.30. The molecule has 0 saturated heterocycles. The van der Waals surface area contributed by atoms with Gasteiger partial charge in [0.1, 0.15) is 5.82 Å². The van der Waals surface area contributed by atoms with Gasteiger partial charge in [0.05, 0.1) is 12.1 Å². The molecule has 112 valence electrons. The molecule has 0 aliphatic carbocycles. The van der Waals surface area contributed by atoms with Gasteiger partial charge in [-0.05, 0) is 31.2 Å². The minimum Gasteiger partial charge on any atom is -0.302 e. The Labute approximate surface area is 125 Å². The third-order valence-electron chi connectivity index (χ3n) is 2.85. The summed E-state index contributed by atoms with van der Waals surface area (Å²) in [7, 11) is 0. The number of aromatic nitrogens is 2. The lowest BCUT2D eigenvalue weighted by atomic mass is 10.1. The van der Waals surface area contributed by atoms with E-state index < -0.39 is 29.7 Å². The molecule has 1 N–H and O–H groups in total. The van der Waals surface area contributed by atoms with E-state index >= 15 is 0 Å². The lowest BCUT2D eigenvalue weighted by Gasteiger charge is -2.05. The number of hydrogen-bond acceptors (Lipinski definition) is 5. The molecule has 0 radical (unpaired) electrons. The first-order valence-electron chi connectivity index (χ1n) is 6.38. The number of benzene rings is 1. The van der Waals surface area contributed by atoms with Gasteiger partial charge < -0.3 is 5.32 Å². The van der Waals surface area contributed by atoms with Crippen molar-refractivity contribution in [2.75, 3.05) is 5.32 Å². The average molecular weight is 301 g/mol. The van der Waals surface area contributed by atoms with E-state index in [9.17, 15) is 18.8 Å². The molecular weight excluding hydrogens is 289 g/mol. The second-order valence-corrected chi connectivity index (χ2v) is 4.47. The van der Waals surface area contributed by atoms with Crippen LogP contribution in [0.25, 0.3) is 0 Å². The van der Waals surface area contributed by atoms with Crippen molar-refractivity contribution < 1.29 is 18.8 Å². The molecule has 0 atom stereocenters. The molecule has 0 saturated carbocycles. The summed E-state index contributed by atoms with van der Waals surface area (Å²) in [6.45, 7) is 1.62. The number of nitrogens with zero attached hydrogens (tertiary/aromatic N) is 2. The van der Waals surface area contributed by atoms with E-state index in [4.69, 9.17) is 0 Å². The fourth-order valence-electron chi connectivity index (χ4n) is 1.67. The summed E-state index contributed by atoms with van der Waals surface area (Å²) >= 11 is 0. The van der Waals surface area contributed by atoms with Crippen molar-refractivity contribution in [2.24, 2.45) is 0 Å². The Morgan fingerprint density at radius 2 is 1.73 bits per heavy atom. The Morgan fingerprint density at radius 1 is 1.09 bits per heavy atom. The van der Waals surface area contributed by atoms with Gasteiger partial charge in [0.2, 0.25) is 5.78 Å². The van der Waals surface area contributed by atoms with Crippen molar-refractivity contribution >= 4 is 23.3 Å². The fourth-order valence-corrected chi connectivity index (χ4v) is 1.67. The van der Waals surface area contributed by atoms with E-state index in [2.05, 4.69) is 15.3 Å². The van der Waals surface area contributed by atoms with Crippen LogP contribution in [0.1, 0.15) is 22.5 Å². The summed E-state index contributed by atoms with van der Waals surface area (Å²) in [6.07, 6.45) is 2.22. The molecule has 2 aromatic rings. The van der Waals surface area contributed by atoms with Crippen molar-refractivity contribution in [3.8, 4) is 0 Å².